The monoisotopic (exact) mass is 387 g/mol. The molecule has 27 heavy (non-hydrogen) atoms. The van der Waals surface area contributed by atoms with Gasteiger partial charge < -0.3 is 19.5 Å². The van der Waals surface area contributed by atoms with Gasteiger partial charge in [0.1, 0.15) is 5.76 Å². The minimum absolute atomic E-state index is 0.0673. The van der Waals surface area contributed by atoms with E-state index in [1.54, 1.807) is 24.5 Å². The number of hydrogen-bond donors (Lipinski definition) is 2. The fourth-order valence-electron chi connectivity index (χ4n) is 2.64. The van der Waals surface area contributed by atoms with E-state index >= 15 is 0 Å². The van der Waals surface area contributed by atoms with Crippen molar-refractivity contribution in [3.8, 4) is 0 Å². The molecule has 3 aromatic heterocycles. The summed E-state index contributed by atoms with van der Waals surface area (Å²) in [6, 6.07) is 8.65. The largest absolute Gasteiger partial charge is 0.468 e. The molecular weight excluding hydrogens is 366 g/mol. The molecule has 0 spiro atoms. The number of nitrogens with zero attached hydrogens (tertiary/aromatic N) is 1. The van der Waals surface area contributed by atoms with E-state index < -0.39 is 0 Å². The third kappa shape index (κ3) is 4.47. The first-order valence-electron chi connectivity index (χ1n) is 8.39. The van der Waals surface area contributed by atoms with E-state index in [2.05, 4.69) is 10.6 Å². The van der Waals surface area contributed by atoms with Crippen molar-refractivity contribution < 1.29 is 18.4 Å². The van der Waals surface area contributed by atoms with Gasteiger partial charge in [-0.05, 0) is 56.9 Å². The Balaban J connectivity index is 1.64. The third-order valence-electron chi connectivity index (χ3n) is 4.06. The fraction of sp³-hybridized carbons (Fsp3) is 0.263. The summed E-state index contributed by atoms with van der Waals surface area (Å²) in [4.78, 5) is 27.2. The number of carbonyl (C=O) groups is 2. The fourth-order valence-corrected chi connectivity index (χ4v) is 3.62. The Labute approximate surface area is 161 Å². The summed E-state index contributed by atoms with van der Waals surface area (Å²) in [7, 11) is 3.86. The Kier molecular flexibility index (Phi) is 5.78. The number of likely N-dealkylation sites (N-methyl/N-ethyl adjacent to an activating group) is 1. The lowest BCUT2D eigenvalue weighted by molar-refractivity contribution is 0.0941. The summed E-state index contributed by atoms with van der Waals surface area (Å²) in [5.41, 5.74) is 0.798. The predicted octanol–water partition coefficient (Wildman–Crippen LogP) is 3.53. The second-order valence-corrected chi connectivity index (χ2v) is 7.31. The molecule has 2 N–H and O–H groups in total. The minimum atomic E-state index is -0.348. The molecule has 0 aliphatic carbocycles. The van der Waals surface area contributed by atoms with E-state index in [4.69, 9.17) is 8.83 Å². The molecule has 0 fully saturated rings. The summed E-state index contributed by atoms with van der Waals surface area (Å²) >= 11 is 1.23. The van der Waals surface area contributed by atoms with Crippen LogP contribution in [0.3, 0.4) is 0 Å². The van der Waals surface area contributed by atoms with Crippen molar-refractivity contribution in [3.63, 3.8) is 0 Å². The standard InChI is InChI=1S/C19H21N3O4S/c1-12-10-16(21-18(23)15-7-5-9-26-15)27-17(12)19(24)20-11-13(22(2)3)14-6-4-8-25-14/h4-10,13H,11H2,1-3H3,(H,20,24)(H,21,23). The van der Waals surface area contributed by atoms with Crippen LogP contribution in [0.4, 0.5) is 5.00 Å². The molecule has 0 aromatic carbocycles. The van der Waals surface area contributed by atoms with Crippen LogP contribution in [-0.2, 0) is 0 Å². The molecule has 0 radical (unpaired) electrons. The normalized spacial score (nSPS) is 12.1. The number of aryl methyl sites for hydroxylation is 1. The lowest BCUT2D eigenvalue weighted by Crippen LogP contribution is -2.34. The molecule has 0 saturated heterocycles. The van der Waals surface area contributed by atoms with Crippen LogP contribution < -0.4 is 10.6 Å². The number of anilines is 1. The maximum Gasteiger partial charge on any atom is 0.291 e. The second kappa shape index (κ2) is 8.24. The highest BCUT2D eigenvalue weighted by molar-refractivity contribution is 7.18. The van der Waals surface area contributed by atoms with E-state index in [0.29, 0.717) is 16.4 Å². The molecule has 3 aromatic rings. The number of carbonyl (C=O) groups excluding carboxylic acids is 2. The van der Waals surface area contributed by atoms with Crippen LogP contribution >= 0.6 is 11.3 Å². The maximum absolute atomic E-state index is 12.6. The van der Waals surface area contributed by atoms with Crippen molar-refractivity contribution in [2.75, 3.05) is 26.0 Å². The predicted molar refractivity (Wildman–Crippen MR) is 103 cm³/mol. The Morgan fingerprint density at radius 3 is 2.52 bits per heavy atom. The summed E-state index contributed by atoms with van der Waals surface area (Å²) in [5, 5.41) is 6.28. The number of hydrogen-bond acceptors (Lipinski definition) is 6. The van der Waals surface area contributed by atoms with E-state index in [-0.39, 0.29) is 23.6 Å². The van der Waals surface area contributed by atoms with Crippen molar-refractivity contribution in [2.45, 2.75) is 13.0 Å². The molecule has 3 rings (SSSR count). The van der Waals surface area contributed by atoms with Gasteiger partial charge in [-0.1, -0.05) is 0 Å². The van der Waals surface area contributed by atoms with Crippen molar-refractivity contribution in [1.29, 1.82) is 0 Å². The van der Waals surface area contributed by atoms with Gasteiger partial charge in [-0.25, -0.2) is 0 Å². The zero-order valence-corrected chi connectivity index (χ0v) is 16.1. The topological polar surface area (TPSA) is 87.7 Å². The Bertz CT molecular complexity index is 898. The molecular formula is C19H21N3O4S. The lowest BCUT2D eigenvalue weighted by Gasteiger charge is -2.22. The quantitative estimate of drug-likeness (QED) is 0.648. The van der Waals surface area contributed by atoms with E-state index in [9.17, 15) is 9.59 Å². The maximum atomic E-state index is 12.6. The Morgan fingerprint density at radius 1 is 1.15 bits per heavy atom. The first-order chi connectivity index (χ1) is 13.0. The van der Waals surface area contributed by atoms with Crippen molar-refractivity contribution >= 4 is 28.2 Å². The van der Waals surface area contributed by atoms with E-state index in [1.165, 1.54) is 17.6 Å². The van der Waals surface area contributed by atoms with E-state index in [0.717, 1.165) is 11.3 Å². The summed E-state index contributed by atoms with van der Waals surface area (Å²) in [6.45, 7) is 2.24. The Morgan fingerprint density at radius 2 is 1.89 bits per heavy atom. The SMILES string of the molecule is Cc1cc(NC(=O)c2ccco2)sc1C(=O)NCC(c1ccco1)N(C)C. The zero-order chi connectivity index (χ0) is 19.4. The van der Waals surface area contributed by atoms with Crippen molar-refractivity contribution in [2.24, 2.45) is 0 Å². The van der Waals surface area contributed by atoms with Gasteiger partial charge in [0, 0.05) is 6.54 Å². The first-order valence-corrected chi connectivity index (χ1v) is 9.20. The molecule has 0 saturated carbocycles. The van der Waals surface area contributed by atoms with Crippen LogP contribution in [0.5, 0.6) is 0 Å². The average molecular weight is 387 g/mol. The molecule has 0 aliphatic rings. The van der Waals surface area contributed by atoms with Crippen LogP contribution in [0.1, 0.15) is 37.6 Å². The average Bonchev–Trinajstić information content (AvgIpc) is 3.36. The van der Waals surface area contributed by atoms with Crippen molar-refractivity contribution in [3.05, 3.63) is 64.8 Å². The van der Waals surface area contributed by atoms with Gasteiger partial charge in [-0.3, -0.25) is 14.5 Å². The molecule has 1 atom stereocenters. The molecule has 1 unspecified atom stereocenters. The summed E-state index contributed by atoms with van der Waals surface area (Å²) in [5.74, 6) is 0.474. The lowest BCUT2D eigenvalue weighted by atomic mass is 10.2. The molecule has 7 nitrogen and oxygen atoms in total. The highest BCUT2D eigenvalue weighted by atomic mass is 32.1. The molecule has 3 heterocycles. The minimum Gasteiger partial charge on any atom is -0.468 e. The van der Waals surface area contributed by atoms with Gasteiger partial charge in [0.2, 0.25) is 0 Å². The highest BCUT2D eigenvalue weighted by Crippen LogP contribution is 2.27. The van der Waals surface area contributed by atoms with Gasteiger partial charge in [0.25, 0.3) is 11.8 Å². The Hall–Kier alpha value is -2.84. The molecule has 8 heteroatoms. The number of furan rings is 2. The van der Waals surface area contributed by atoms with Crippen molar-refractivity contribution in [1.82, 2.24) is 10.2 Å². The number of rotatable bonds is 7. The number of amides is 2. The van der Waals surface area contributed by atoms with Gasteiger partial charge in [-0.2, -0.15) is 0 Å². The van der Waals surface area contributed by atoms with Gasteiger partial charge in [0.15, 0.2) is 5.76 Å². The third-order valence-corrected chi connectivity index (χ3v) is 5.21. The summed E-state index contributed by atoms with van der Waals surface area (Å²) in [6.07, 6.45) is 3.05. The second-order valence-electron chi connectivity index (χ2n) is 6.26. The van der Waals surface area contributed by atoms with Crippen LogP contribution in [0.25, 0.3) is 0 Å². The van der Waals surface area contributed by atoms with Crippen LogP contribution in [0, 0.1) is 6.92 Å². The molecule has 2 amide bonds. The molecule has 0 bridgehead atoms. The molecule has 142 valence electrons. The first kappa shape index (κ1) is 18.9. The van der Waals surface area contributed by atoms with Crippen LogP contribution in [0.2, 0.25) is 0 Å². The number of nitrogens with one attached hydrogen (secondary N) is 2. The smallest absolute Gasteiger partial charge is 0.291 e. The highest BCUT2D eigenvalue weighted by Gasteiger charge is 2.20. The molecule has 0 aliphatic heterocycles. The zero-order valence-electron chi connectivity index (χ0n) is 15.3. The van der Waals surface area contributed by atoms with Crippen LogP contribution in [-0.4, -0.2) is 37.4 Å². The van der Waals surface area contributed by atoms with Crippen LogP contribution in [0.15, 0.2) is 51.7 Å². The number of thiophene rings is 1. The van der Waals surface area contributed by atoms with E-state index in [1.807, 2.05) is 38.1 Å². The van der Waals surface area contributed by atoms with Gasteiger partial charge in [0.05, 0.1) is 28.4 Å². The summed E-state index contributed by atoms with van der Waals surface area (Å²) < 4.78 is 10.5. The van der Waals surface area contributed by atoms with Gasteiger partial charge in [-0.15, -0.1) is 11.3 Å². The van der Waals surface area contributed by atoms with Gasteiger partial charge >= 0.3 is 0 Å².